The van der Waals surface area contributed by atoms with Gasteiger partial charge in [0, 0.05) is 16.8 Å². The third-order valence-electron chi connectivity index (χ3n) is 2.82. The summed E-state index contributed by atoms with van der Waals surface area (Å²) in [5.41, 5.74) is 5.89. The van der Waals surface area contributed by atoms with Crippen molar-refractivity contribution in [3.8, 4) is 0 Å². The molecule has 2 atom stereocenters. The third kappa shape index (κ3) is 3.65. The van der Waals surface area contributed by atoms with E-state index in [1.54, 1.807) is 6.92 Å². The molecule has 0 spiro atoms. The molecule has 0 saturated heterocycles. The molecule has 106 valence electrons. The van der Waals surface area contributed by atoms with Crippen molar-refractivity contribution in [1.82, 2.24) is 0 Å². The number of aliphatic hydroxyl groups excluding tert-OH is 2. The first kappa shape index (κ1) is 15.4. The lowest BCUT2D eigenvalue weighted by Gasteiger charge is -2.19. The molecule has 0 aliphatic rings. The van der Waals surface area contributed by atoms with Gasteiger partial charge in [-0.05, 0) is 19.9 Å². The molecule has 0 radical (unpaired) electrons. The molecule has 4 N–H and O–H groups in total. The van der Waals surface area contributed by atoms with Crippen LogP contribution in [0.1, 0.15) is 30.6 Å². The summed E-state index contributed by atoms with van der Waals surface area (Å²) < 4.78 is 18.5. The molecule has 0 saturated carbocycles. The van der Waals surface area contributed by atoms with Crippen LogP contribution in [0.25, 0.3) is 0 Å². The summed E-state index contributed by atoms with van der Waals surface area (Å²) in [6, 6.07) is 2.73. The number of carbonyl (C=O) groups excluding carboxylic acids is 1. The Morgan fingerprint density at radius 3 is 2.68 bits per heavy atom. The average Bonchev–Trinajstić information content (AvgIpc) is 2.35. The topological polar surface area (TPSA) is 92.8 Å². The summed E-state index contributed by atoms with van der Waals surface area (Å²) in [6.45, 7) is 3.28. The summed E-state index contributed by atoms with van der Waals surface area (Å²) in [5.74, 6) is -1.34. The van der Waals surface area contributed by atoms with Crippen LogP contribution in [0.3, 0.4) is 0 Å². The average molecular weight is 271 g/mol. The fourth-order valence-corrected chi connectivity index (χ4v) is 1.66. The highest BCUT2D eigenvalue weighted by atomic mass is 19.1. The Morgan fingerprint density at radius 2 is 2.11 bits per heavy atom. The summed E-state index contributed by atoms with van der Waals surface area (Å²) >= 11 is 0. The van der Waals surface area contributed by atoms with Crippen molar-refractivity contribution in [2.75, 3.05) is 12.3 Å². The zero-order valence-corrected chi connectivity index (χ0v) is 10.9. The van der Waals surface area contributed by atoms with E-state index in [4.69, 9.17) is 5.73 Å². The molecular formula is C13H18FNO4. The molecule has 5 nitrogen and oxygen atoms in total. The number of anilines is 1. The van der Waals surface area contributed by atoms with Crippen molar-refractivity contribution in [2.45, 2.75) is 32.5 Å². The normalized spacial score (nSPS) is 13.9. The van der Waals surface area contributed by atoms with Gasteiger partial charge in [0.1, 0.15) is 11.9 Å². The molecular weight excluding hydrogens is 253 g/mol. The number of hydrogen-bond donors (Lipinski definition) is 3. The Balaban J connectivity index is 2.85. The van der Waals surface area contributed by atoms with Crippen molar-refractivity contribution in [2.24, 2.45) is 0 Å². The van der Waals surface area contributed by atoms with E-state index in [1.165, 1.54) is 19.1 Å². The van der Waals surface area contributed by atoms with E-state index >= 15 is 0 Å². The monoisotopic (exact) mass is 271 g/mol. The second kappa shape index (κ2) is 6.49. The molecule has 1 aromatic carbocycles. The van der Waals surface area contributed by atoms with E-state index in [-0.39, 0.29) is 23.4 Å². The summed E-state index contributed by atoms with van der Waals surface area (Å²) in [6.07, 6.45) is -3.35. The number of rotatable bonds is 5. The van der Waals surface area contributed by atoms with Gasteiger partial charge in [0.25, 0.3) is 0 Å². The van der Waals surface area contributed by atoms with Gasteiger partial charge in [0.15, 0.2) is 0 Å². The molecule has 0 aliphatic carbocycles. The maximum atomic E-state index is 13.9. The number of ether oxygens (including phenoxy) is 1. The highest BCUT2D eigenvalue weighted by molar-refractivity contribution is 5.70. The number of benzene rings is 1. The molecule has 1 aromatic rings. The van der Waals surface area contributed by atoms with Crippen molar-refractivity contribution in [3.63, 3.8) is 0 Å². The van der Waals surface area contributed by atoms with Gasteiger partial charge in [-0.25, -0.2) is 4.39 Å². The van der Waals surface area contributed by atoms with E-state index in [2.05, 4.69) is 4.74 Å². The van der Waals surface area contributed by atoms with Crippen LogP contribution in [-0.4, -0.2) is 28.9 Å². The summed E-state index contributed by atoms with van der Waals surface area (Å²) in [5, 5.41) is 19.6. The Hall–Kier alpha value is -1.66. The Bertz CT molecular complexity index is 464. The molecule has 6 heteroatoms. The number of esters is 1. The van der Waals surface area contributed by atoms with E-state index in [9.17, 15) is 19.4 Å². The van der Waals surface area contributed by atoms with Gasteiger partial charge in [-0.15, -0.1) is 0 Å². The van der Waals surface area contributed by atoms with Crippen molar-refractivity contribution in [1.29, 1.82) is 0 Å². The number of hydrogen-bond acceptors (Lipinski definition) is 5. The first-order valence-electron chi connectivity index (χ1n) is 5.94. The minimum Gasteiger partial charge on any atom is -0.466 e. The van der Waals surface area contributed by atoms with Crippen molar-refractivity contribution >= 4 is 11.7 Å². The van der Waals surface area contributed by atoms with Gasteiger partial charge in [0.2, 0.25) is 0 Å². The van der Waals surface area contributed by atoms with Gasteiger partial charge in [-0.2, -0.15) is 0 Å². The van der Waals surface area contributed by atoms with Crippen molar-refractivity contribution < 1.29 is 24.1 Å². The minimum absolute atomic E-state index is 0.0940. The van der Waals surface area contributed by atoms with E-state index in [0.29, 0.717) is 0 Å². The maximum Gasteiger partial charge on any atom is 0.308 e. The highest BCUT2D eigenvalue weighted by Crippen LogP contribution is 2.26. The van der Waals surface area contributed by atoms with E-state index < -0.39 is 30.4 Å². The first-order valence-corrected chi connectivity index (χ1v) is 5.94. The zero-order valence-electron chi connectivity index (χ0n) is 10.9. The Morgan fingerprint density at radius 1 is 1.47 bits per heavy atom. The summed E-state index contributed by atoms with van der Waals surface area (Å²) in [4.78, 5) is 11.2. The first-order chi connectivity index (χ1) is 8.88. The number of carbonyl (C=O) groups is 1. The second-order valence-corrected chi connectivity index (χ2v) is 4.20. The van der Waals surface area contributed by atoms with Crippen LogP contribution in [0, 0.1) is 12.7 Å². The zero-order chi connectivity index (χ0) is 14.6. The van der Waals surface area contributed by atoms with Gasteiger partial charge in [0.05, 0.1) is 19.1 Å². The lowest BCUT2D eigenvalue weighted by atomic mass is 9.99. The quantitative estimate of drug-likeness (QED) is 0.550. The fraction of sp³-hybridized carbons (Fsp3) is 0.462. The SMILES string of the molecule is CCOC(=O)CC(O)C(O)c1ccc(N)c(C)c1F. The van der Waals surface area contributed by atoms with Crippen molar-refractivity contribution in [3.05, 3.63) is 29.1 Å². The minimum atomic E-state index is -1.51. The molecule has 1 rings (SSSR count). The molecule has 0 fully saturated rings. The lowest BCUT2D eigenvalue weighted by molar-refractivity contribution is -0.147. The number of aliphatic hydroxyl groups is 2. The third-order valence-corrected chi connectivity index (χ3v) is 2.82. The van der Waals surface area contributed by atoms with Gasteiger partial charge >= 0.3 is 5.97 Å². The largest absolute Gasteiger partial charge is 0.466 e. The van der Waals surface area contributed by atoms with Crippen LogP contribution >= 0.6 is 0 Å². The molecule has 0 amide bonds. The molecule has 0 bridgehead atoms. The second-order valence-electron chi connectivity index (χ2n) is 4.20. The number of halogens is 1. The molecule has 0 aromatic heterocycles. The fourth-order valence-electron chi connectivity index (χ4n) is 1.66. The number of nitrogens with two attached hydrogens (primary N) is 1. The van der Waals surface area contributed by atoms with Gasteiger partial charge < -0.3 is 20.7 Å². The maximum absolute atomic E-state index is 13.9. The molecule has 0 aliphatic heterocycles. The Labute approximate surface area is 110 Å². The van der Waals surface area contributed by atoms with Crippen LogP contribution in [0.5, 0.6) is 0 Å². The standard InChI is InChI=1S/C13H18FNO4/c1-3-19-11(17)6-10(16)13(18)8-4-5-9(15)7(2)12(8)14/h4-5,10,13,16,18H,3,6,15H2,1-2H3. The van der Waals surface area contributed by atoms with Crippen LogP contribution in [0.4, 0.5) is 10.1 Å². The van der Waals surface area contributed by atoms with Crippen LogP contribution in [0.15, 0.2) is 12.1 Å². The van der Waals surface area contributed by atoms with Crippen LogP contribution in [0.2, 0.25) is 0 Å². The van der Waals surface area contributed by atoms with E-state index in [0.717, 1.165) is 0 Å². The van der Waals surface area contributed by atoms with E-state index in [1.807, 2.05) is 0 Å². The predicted molar refractivity (Wildman–Crippen MR) is 67.8 cm³/mol. The Kier molecular flexibility index (Phi) is 5.26. The molecule has 2 unspecified atom stereocenters. The van der Waals surface area contributed by atoms with Gasteiger partial charge in [-0.3, -0.25) is 4.79 Å². The number of nitrogen functional groups attached to an aromatic ring is 1. The van der Waals surface area contributed by atoms with Crippen LogP contribution < -0.4 is 5.73 Å². The van der Waals surface area contributed by atoms with Crippen LogP contribution in [-0.2, 0) is 9.53 Å². The molecule has 19 heavy (non-hydrogen) atoms. The predicted octanol–water partition coefficient (Wildman–Crippen LogP) is 1.06. The lowest BCUT2D eigenvalue weighted by Crippen LogP contribution is -2.24. The highest BCUT2D eigenvalue weighted by Gasteiger charge is 2.25. The van der Waals surface area contributed by atoms with Gasteiger partial charge in [-0.1, -0.05) is 6.07 Å². The smallest absolute Gasteiger partial charge is 0.308 e. The summed E-state index contributed by atoms with van der Waals surface area (Å²) in [7, 11) is 0. The molecule has 0 heterocycles.